The minimum Gasteiger partial charge on any atom is -0.394 e. The molecule has 35 heavy (non-hydrogen) atoms. The van der Waals surface area contributed by atoms with Crippen LogP contribution in [0.15, 0.2) is 0 Å². The molecular weight excluding hydrogens is 484 g/mol. The van der Waals surface area contributed by atoms with Crippen LogP contribution in [0.25, 0.3) is 0 Å². The van der Waals surface area contributed by atoms with E-state index in [1.807, 2.05) is 0 Å². The number of ether oxygens (including phenoxy) is 5. The number of aliphatic hydroxyl groups is 11. The molecule has 2 heterocycles. The van der Waals surface area contributed by atoms with Crippen LogP contribution in [-0.2, 0) is 23.7 Å². The van der Waals surface area contributed by atoms with Gasteiger partial charge in [0.1, 0.15) is 85.5 Å². The van der Waals surface area contributed by atoms with Gasteiger partial charge in [0.15, 0.2) is 12.6 Å². The lowest BCUT2D eigenvalue weighted by Gasteiger charge is -2.49. The molecule has 0 aromatic rings. The van der Waals surface area contributed by atoms with Crippen molar-refractivity contribution in [3.05, 3.63) is 0 Å². The van der Waals surface area contributed by atoms with Gasteiger partial charge in [0.25, 0.3) is 0 Å². The molecule has 3 rings (SSSR count). The summed E-state index contributed by atoms with van der Waals surface area (Å²) in [6.07, 6.45) is -27.2. The SMILES string of the molecule is COC1C(O[C@H]2OC(CO)[C@@H](O)C(O)C2O)C(O)C(O)C(O)C1O[C@H]1OC(CO)[C@H](O)C(O)C1O. The summed E-state index contributed by atoms with van der Waals surface area (Å²) in [5, 5.41) is 111. The highest BCUT2D eigenvalue weighted by molar-refractivity contribution is 5.03. The van der Waals surface area contributed by atoms with Gasteiger partial charge in [-0.2, -0.15) is 0 Å². The summed E-state index contributed by atoms with van der Waals surface area (Å²) in [6, 6.07) is 0. The van der Waals surface area contributed by atoms with Gasteiger partial charge in [0.2, 0.25) is 0 Å². The predicted octanol–water partition coefficient (Wildman–Crippen LogP) is -7.53. The summed E-state index contributed by atoms with van der Waals surface area (Å²) in [4.78, 5) is 0. The van der Waals surface area contributed by atoms with E-state index < -0.39 is 111 Å². The molecule has 0 spiro atoms. The number of hydrogen-bond donors (Lipinski definition) is 11. The summed E-state index contributed by atoms with van der Waals surface area (Å²) in [6.45, 7) is -1.51. The lowest BCUT2D eigenvalue weighted by atomic mass is 9.84. The molecule has 16 atom stereocenters. The second-order valence-electron chi connectivity index (χ2n) is 8.77. The minimum absolute atomic E-state index is 0.754. The van der Waals surface area contributed by atoms with Gasteiger partial charge in [-0.3, -0.25) is 0 Å². The first-order valence-corrected chi connectivity index (χ1v) is 11.0. The molecule has 0 aromatic heterocycles. The van der Waals surface area contributed by atoms with Gasteiger partial charge in [-0.25, -0.2) is 0 Å². The van der Waals surface area contributed by atoms with Gasteiger partial charge in [-0.15, -0.1) is 0 Å². The van der Waals surface area contributed by atoms with Crippen LogP contribution in [0.1, 0.15) is 0 Å². The van der Waals surface area contributed by atoms with Crippen molar-refractivity contribution in [2.45, 2.75) is 98.0 Å². The van der Waals surface area contributed by atoms with Crippen LogP contribution in [0.2, 0.25) is 0 Å². The Hall–Kier alpha value is -0.640. The molecule has 3 aliphatic rings. The molecular formula is C19H34O16. The standard InChI is InChI=1S/C19H34O16/c1-31-17-15(34-18-13(29)8(24)6(22)4(2-20)32-18)11(27)10(26)12(28)16(17)35-19-14(30)9(25)7(23)5(3-21)33-19/h4-30H,2-3H2,1H3/t4?,5?,6-,7+,8?,9?,10?,11?,12?,13?,14?,15?,16?,17?,18-,19-/m1/s1. The van der Waals surface area contributed by atoms with Crippen LogP contribution in [0.4, 0.5) is 0 Å². The Bertz CT molecular complexity index is 615. The van der Waals surface area contributed by atoms with E-state index in [0.717, 1.165) is 7.11 Å². The van der Waals surface area contributed by atoms with Gasteiger partial charge in [0, 0.05) is 7.11 Å². The smallest absolute Gasteiger partial charge is 0.187 e. The zero-order chi connectivity index (χ0) is 26.2. The lowest BCUT2D eigenvalue weighted by molar-refractivity contribution is -0.363. The Morgan fingerprint density at radius 3 is 1.14 bits per heavy atom. The van der Waals surface area contributed by atoms with Gasteiger partial charge >= 0.3 is 0 Å². The highest BCUT2D eigenvalue weighted by Crippen LogP contribution is 2.34. The first-order chi connectivity index (χ1) is 16.5. The zero-order valence-electron chi connectivity index (χ0n) is 18.6. The molecule has 2 aliphatic heterocycles. The van der Waals surface area contributed by atoms with E-state index in [-0.39, 0.29) is 0 Å². The maximum absolute atomic E-state index is 10.5. The molecule has 0 bridgehead atoms. The van der Waals surface area contributed by atoms with E-state index in [2.05, 4.69) is 0 Å². The third kappa shape index (κ3) is 5.48. The molecule has 0 aromatic carbocycles. The molecule has 16 nitrogen and oxygen atoms in total. The minimum atomic E-state index is -1.94. The fourth-order valence-electron chi connectivity index (χ4n) is 4.42. The molecule has 1 saturated carbocycles. The maximum atomic E-state index is 10.5. The fourth-order valence-corrected chi connectivity index (χ4v) is 4.42. The highest BCUT2D eigenvalue weighted by Gasteiger charge is 2.56. The Labute approximate surface area is 199 Å². The molecule has 1 aliphatic carbocycles. The van der Waals surface area contributed by atoms with Crippen LogP contribution in [0.5, 0.6) is 0 Å². The summed E-state index contributed by atoms with van der Waals surface area (Å²) in [5.41, 5.74) is 0. The van der Waals surface area contributed by atoms with E-state index >= 15 is 0 Å². The van der Waals surface area contributed by atoms with Crippen molar-refractivity contribution < 1.29 is 79.9 Å². The van der Waals surface area contributed by atoms with Gasteiger partial charge in [0.05, 0.1) is 13.2 Å². The van der Waals surface area contributed by atoms with Crippen LogP contribution in [-0.4, -0.2) is 175 Å². The Morgan fingerprint density at radius 1 is 0.486 bits per heavy atom. The summed E-state index contributed by atoms with van der Waals surface area (Å²) >= 11 is 0. The third-order valence-corrected chi connectivity index (χ3v) is 6.57. The van der Waals surface area contributed by atoms with Crippen LogP contribution < -0.4 is 0 Å². The Balaban J connectivity index is 1.82. The molecule has 0 amide bonds. The number of methoxy groups -OCH3 is 1. The van der Waals surface area contributed by atoms with Crippen LogP contribution >= 0.6 is 0 Å². The number of hydrogen-bond acceptors (Lipinski definition) is 16. The van der Waals surface area contributed by atoms with Crippen molar-refractivity contribution in [3.63, 3.8) is 0 Å². The topological polar surface area (TPSA) is 269 Å². The second-order valence-corrected chi connectivity index (χ2v) is 8.77. The quantitative estimate of drug-likeness (QED) is 0.149. The molecule has 206 valence electrons. The number of aliphatic hydroxyl groups excluding tert-OH is 11. The maximum Gasteiger partial charge on any atom is 0.187 e. The van der Waals surface area contributed by atoms with Gasteiger partial charge < -0.3 is 79.9 Å². The van der Waals surface area contributed by atoms with Crippen molar-refractivity contribution in [2.24, 2.45) is 0 Å². The predicted molar refractivity (Wildman–Crippen MR) is 106 cm³/mol. The van der Waals surface area contributed by atoms with E-state index in [0.29, 0.717) is 0 Å². The zero-order valence-corrected chi connectivity index (χ0v) is 18.6. The average Bonchev–Trinajstić information content (AvgIpc) is 2.85. The number of rotatable bonds is 7. The third-order valence-electron chi connectivity index (χ3n) is 6.57. The fraction of sp³-hybridized carbons (Fsp3) is 1.00. The van der Waals surface area contributed by atoms with Gasteiger partial charge in [-0.05, 0) is 0 Å². The normalized spacial score (nSPS) is 53.5. The van der Waals surface area contributed by atoms with Crippen molar-refractivity contribution in [3.8, 4) is 0 Å². The molecule has 3 fully saturated rings. The molecule has 12 unspecified atom stereocenters. The average molecular weight is 518 g/mol. The van der Waals surface area contributed by atoms with Crippen LogP contribution in [0, 0.1) is 0 Å². The molecule has 11 N–H and O–H groups in total. The molecule has 2 saturated heterocycles. The summed E-state index contributed by atoms with van der Waals surface area (Å²) in [5.74, 6) is 0. The highest BCUT2D eigenvalue weighted by atomic mass is 16.7. The first-order valence-electron chi connectivity index (χ1n) is 11.0. The van der Waals surface area contributed by atoms with Crippen molar-refractivity contribution in [1.82, 2.24) is 0 Å². The second kappa shape index (κ2) is 11.8. The Kier molecular flexibility index (Phi) is 9.77. The monoisotopic (exact) mass is 518 g/mol. The first kappa shape index (κ1) is 28.9. The largest absolute Gasteiger partial charge is 0.394 e. The van der Waals surface area contributed by atoms with E-state index in [9.17, 15) is 56.2 Å². The summed E-state index contributed by atoms with van der Waals surface area (Å²) in [7, 11) is 1.12. The van der Waals surface area contributed by atoms with Crippen molar-refractivity contribution in [1.29, 1.82) is 0 Å². The van der Waals surface area contributed by atoms with Crippen LogP contribution in [0.3, 0.4) is 0 Å². The molecule has 0 radical (unpaired) electrons. The molecule has 16 heteroatoms. The Morgan fingerprint density at radius 2 is 0.829 bits per heavy atom. The van der Waals surface area contributed by atoms with E-state index in [1.165, 1.54) is 0 Å². The van der Waals surface area contributed by atoms with E-state index in [1.54, 1.807) is 0 Å². The van der Waals surface area contributed by atoms with E-state index in [4.69, 9.17) is 23.7 Å². The lowest BCUT2D eigenvalue weighted by Crippen LogP contribution is -2.69. The van der Waals surface area contributed by atoms with Crippen molar-refractivity contribution in [2.75, 3.05) is 20.3 Å². The van der Waals surface area contributed by atoms with Crippen molar-refractivity contribution >= 4 is 0 Å². The van der Waals surface area contributed by atoms with Gasteiger partial charge in [-0.1, -0.05) is 0 Å². The summed E-state index contributed by atoms with van der Waals surface area (Å²) < 4.78 is 26.9.